The number of nitrogens with one attached hydrogen (secondary N) is 1. The van der Waals surface area contributed by atoms with E-state index < -0.39 is 5.97 Å². The molecule has 1 fully saturated rings. The van der Waals surface area contributed by atoms with E-state index in [1.807, 2.05) is 6.92 Å². The number of carbonyl (C=O) groups is 1. The highest BCUT2D eigenvalue weighted by Crippen LogP contribution is 2.26. The summed E-state index contributed by atoms with van der Waals surface area (Å²) >= 11 is 0. The fourth-order valence-electron chi connectivity index (χ4n) is 3.36. The SMILES string of the molecule is CCC(Cc1ccc(C)cc1)NC1CC(N(CC)CC(=O)O)C1. The fourth-order valence-corrected chi connectivity index (χ4v) is 3.36. The Morgan fingerprint density at radius 2 is 1.96 bits per heavy atom. The third-order valence-electron chi connectivity index (χ3n) is 4.94. The molecule has 4 nitrogen and oxygen atoms in total. The second-order valence-electron chi connectivity index (χ2n) is 6.74. The van der Waals surface area contributed by atoms with Crippen molar-refractivity contribution in [2.75, 3.05) is 13.1 Å². The number of likely N-dealkylation sites (N-methyl/N-ethyl adjacent to an activating group) is 1. The summed E-state index contributed by atoms with van der Waals surface area (Å²) in [5.74, 6) is -0.728. The highest BCUT2D eigenvalue weighted by Gasteiger charge is 2.34. The van der Waals surface area contributed by atoms with Crippen LogP contribution in [0.5, 0.6) is 0 Å². The Hall–Kier alpha value is -1.39. The van der Waals surface area contributed by atoms with Gasteiger partial charge in [0.1, 0.15) is 0 Å². The van der Waals surface area contributed by atoms with Gasteiger partial charge in [0.15, 0.2) is 0 Å². The molecular weight excluding hydrogens is 288 g/mol. The quantitative estimate of drug-likeness (QED) is 0.735. The number of rotatable bonds is 9. The van der Waals surface area contributed by atoms with Crippen LogP contribution in [-0.4, -0.2) is 47.2 Å². The number of aryl methyl sites for hydroxylation is 1. The fraction of sp³-hybridized carbons (Fsp3) is 0.632. The number of carboxylic acid groups (broad SMARTS) is 1. The van der Waals surface area contributed by atoms with Crippen molar-refractivity contribution in [1.29, 1.82) is 0 Å². The Balaban J connectivity index is 1.78. The zero-order chi connectivity index (χ0) is 16.8. The monoisotopic (exact) mass is 318 g/mol. The molecule has 4 heteroatoms. The molecule has 2 rings (SSSR count). The van der Waals surface area contributed by atoms with Crippen molar-refractivity contribution >= 4 is 5.97 Å². The van der Waals surface area contributed by atoms with Gasteiger partial charge in [-0.05, 0) is 44.7 Å². The van der Waals surface area contributed by atoms with E-state index >= 15 is 0 Å². The van der Waals surface area contributed by atoms with Crippen molar-refractivity contribution in [3.63, 3.8) is 0 Å². The van der Waals surface area contributed by atoms with E-state index in [4.69, 9.17) is 5.11 Å². The number of hydrogen-bond donors (Lipinski definition) is 2. The van der Waals surface area contributed by atoms with Gasteiger partial charge >= 0.3 is 5.97 Å². The second kappa shape index (κ2) is 8.46. The Morgan fingerprint density at radius 1 is 1.30 bits per heavy atom. The smallest absolute Gasteiger partial charge is 0.317 e. The largest absolute Gasteiger partial charge is 0.480 e. The molecule has 0 amide bonds. The van der Waals surface area contributed by atoms with E-state index in [-0.39, 0.29) is 6.54 Å². The van der Waals surface area contributed by atoms with Gasteiger partial charge in [-0.3, -0.25) is 9.69 Å². The molecular formula is C19H30N2O2. The summed E-state index contributed by atoms with van der Waals surface area (Å²) in [7, 11) is 0. The van der Waals surface area contributed by atoms with Crippen LogP contribution < -0.4 is 5.32 Å². The average Bonchev–Trinajstić information content (AvgIpc) is 2.49. The maximum absolute atomic E-state index is 10.9. The first-order chi connectivity index (χ1) is 11.0. The molecule has 0 aliphatic heterocycles. The number of benzene rings is 1. The lowest BCUT2D eigenvalue weighted by Gasteiger charge is -2.43. The van der Waals surface area contributed by atoms with Gasteiger partial charge in [-0.2, -0.15) is 0 Å². The standard InChI is InChI=1S/C19H30N2O2/c1-4-16(10-15-8-6-14(3)7-9-15)20-17-11-18(12-17)21(5-2)13-19(22)23/h6-9,16-18,20H,4-5,10-13H2,1-3H3,(H,22,23). The first-order valence-electron chi connectivity index (χ1n) is 8.79. The van der Waals surface area contributed by atoms with Gasteiger partial charge in [-0.15, -0.1) is 0 Å². The zero-order valence-corrected chi connectivity index (χ0v) is 14.6. The van der Waals surface area contributed by atoms with Gasteiger partial charge < -0.3 is 10.4 Å². The van der Waals surface area contributed by atoms with Crippen molar-refractivity contribution in [1.82, 2.24) is 10.2 Å². The lowest BCUT2D eigenvalue weighted by Crippen LogP contribution is -2.55. The Kier molecular flexibility index (Phi) is 6.60. The van der Waals surface area contributed by atoms with E-state index in [1.54, 1.807) is 0 Å². The average molecular weight is 318 g/mol. The van der Waals surface area contributed by atoms with E-state index in [9.17, 15) is 4.79 Å². The molecule has 1 aliphatic carbocycles. The third-order valence-corrected chi connectivity index (χ3v) is 4.94. The normalized spacial score (nSPS) is 21.9. The van der Waals surface area contributed by atoms with Crippen LogP contribution in [0.4, 0.5) is 0 Å². The topological polar surface area (TPSA) is 52.6 Å². The minimum absolute atomic E-state index is 0.161. The van der Waals surface area contributed by atoms with Crippen LogP contribution in [0.1, 0.15) is 44.2 Å². The number of carboxylic acids is 1. The van der Waals surface area contributed by atoms with Gasteiger partial charge in [0, 0.05) is 18.1 Å². The molecule has 0 saturated heterocycles. The molecule has 0 heterocycles. The summed E-state index contributed by atoms with van der Waals surface area (Å²) in [6.07, 6.45) is 4.29. The van der Waals surface area contributed by atoms with Crippen molar-refractivity contribution < 1.29 is 9.90 Å². The molecule has 1 atom stereocenters. The summed E-state index contributed by atoms with van der Waals surface area (Å²) in [4.78, 5) is 13.0. The summed E-state index contributed by atoms with van der Waals surface area (Å²) < 4.78 is 0. The first kappa shape index (κ1) is 18.0. The number of aliphatic carboxylic acids is 1. The minimum Gasteiger partial charge on any atom is -0.480 e. The van der Waals surface area contributed by atoms with Gasteiger partial charge in [0.2, 0.25) is 0 Å². The molecule has 1 aliphatic rings. The van der Waals surface area contributed by atoms with Gasteiger partial charge in [-0.1, -0.05) is 43.7 Å². The first-order valence-corrected chi connectivity index (χ1v) is 8.79. The zero-order valence-electron chi connectivity index (χ0n) is 14.6. The summed E-state index contributed by atoms with van der Waals surface area (Å²) in [5.41, 5.74) is 2.68. The Morgan fingerprint density at radius 3 is 2.48 bits per heavy atom. The molecule has 23 heavy (non-hydrogen) atoms. The highest BCUT2D eigenvalue weighted by atomic mass is 16.4. The third kappa shape index (κ3) is 5.33. The molecule has 2 N–H and O–H groups in total. The lowest BCUT2D eigenvalue weighted by molar-refractivity contribution is -0.139. The van der Waals surface area contributed by atoms with E-state index in [0.717, 1.165) is 32.2 Å². The molecule has 1 saturated carbocycles. The molecule has 1 aromatic rings. The van der Waals surface area contributed by atoms with E-state index in [1.165, 1.54) is 11.1 Å². The van der Waals surface area contributed by atoms with Crippen LogP contribution in [0.25, 0.3) is 0 Å². The highest BCUT2D eigenvalue weighted by molar-refractivity contribution is 5.69. The maximum atomic E-state index is 10.9. The lowest BCUT2D eigenvalue weighted by atomic mass is 9.84. The van der Waals surface area contributed by atoms with E-state index in [0.29, 0.717) is 18.1 Å². The molecule has 0 radical (unpaired) electrons. The number of nitrogens with zero attached hydrogens (tertiary/aromatic N) is 1. The predicted octanol–water partition coefficient (Wildman–Crippen LogP) is 2.84. The summed E-state index contributed by atoms with van der Waals surface area (Å²) in [6, 6.07) is 10.2. The van der Waals surface area contributed by atoms with Crippen LogP contribution >= 0.6 is 0 Å². The van der Waals surface area contributed by atoms with Crippen molar-refractivity contribution in [2.24, 2.45) is 0 Å². The van der Waals surface area contributed by atoms with Crippen LogP contribution in [-0.2, 0) is 11.2 Å². The van der Waals surface area contributed by atoms with Gasteiger partial charge in [0.25, 0.3) is 0 Å². The summed E-state index contributed by atoms with van der Waals surface area (Å²) in [5, 5.41) is 12.7. The summed E-state index contributed by atoms with van der Waals surface area (Å²) in [6.45, 7) is 7.35. The van der Waals surface area contributed by atoms with Crippen LogP contribution in [0.2, 0.25) is 0 Å². The predicted molar refractivity (Wildman–Crippen MR) is 93.8 cm³/mol. The Labute approximate surface area is 139 Å². The van der Waals surface area contributed by atoms with Crippen molar-refractivity contribution in [2.45, 2.75) is 64.6 Å². The molecule has 1 aromatic carbocycles. The van der Waals surface area contributed by atoms with Crippen molar-refractivity contribution in [3.8, 4) is 0 Å². The van der Waals surface area contributed by atoms with Crippen LogP contribution in [0.3, 0.4) is 0 Å². The second-order valence-corrected chi connectivity index (χ2v) is 6.74. The molecule has 1 unspecified atom stereocenters. The van der Waals surface area contributed by atoms with Crippen LogP contribution in [0, 0.1) is 6.92 Å². The van der Waals surface area contributed by atoms with E-state index in [2.05, 4.69) is 48.3 Å². The molecule has 128 valence electrons. The molecule has 0 spiro atoms. The maximum Gasteiger partial charge on any atom is 0.317 e. The molecule has 0 aromatic heterocycles. The van der Waals surface area contributed by atoms with Crippen LogP contribution in [0.15, 0.2) is 24.3 Å². The van der Waals surface area contributed by atoms with Crippen molar-refractivity contribution in [3.05, 3.63) is 35.4 Å². The van der Waals surface area contributed by atoms with Gasteiger partial charge in [0.05, 0.1) is 6.54 Å². The minimum atomic E-state index is -0.728. The molecule has 0 bridgehead atoms. The Bertz CT molecular complexity index is 495. The van der Waals surface area contributed by atoms with Gasteiger partial charge in [-0.25, -0.2) is 0 Å². The number of hydrogen-bond acceptors (Lipinski definition) is 3.